The first kappa shape index (κ1) is 46.9. The van der Waals surface area contributed by atoms with Gasteiger partial charge in [0.2, 0.25) is 0 Å². The number of carbonyl (C=O) groups excluding carboxylic acids is 2. The molecule has 0 fully saturated rings. The zero-order valence-electron chi connectivity index (χ0n) is 32.5. The molecule has 0 aliphatic heterocycles. The second kappa shape index (κ2) is 40.3. The van der Waals surface area contributed by atoms with Crippen LogP contribution >= 0.6 is 0 Å². The van der Waals surface area contributed by atoms with Crippen LogP contribution in [0.2, 0.25) is 0 Å². The van der Waals surface area contributed by atoms with E-state index in [0.29, 0.717) is 12.8 Å². The molecule has 0 spiro atoms. The highest BCUT2D eigenvalue weighted by atomic mass is 16.6. The Morgan fingerprint density at radius 1 is 0.354 bits per heavy atom. The Hall–Kier alpha value is -1.10. The van der Waals surface area contributed by atoms with Crippen molar-refractivity contribution >= 4 is 11.9 Å². The van der Waals surface area contributed by atoms with Crippen LogP contribution in [0.5, 0.6) is 0 Å². The van der Waals surface area contributed by atoms with E-state index in [1.54, 1.807) is 0 Å². The normalized spacial score (nSPS) is 12.0. The Kier molecular flexibility index (Phi) is 39.4. The van der Waals surface area contributed by atoms with Crippen molar-refractivity contribution in [3.8, 4) is 0 Å². The van der Waals surface area contributed by atoms with Gasteiger partial charge in [0, 0.05) is 12.8 Å². The van der Waals surface area contributed by atoms with Crippen LogP contribution < -0.4 is 0 Å². The Labute approximate surface area is 299 Å². The van der Waals surface area contributed by atoms with Crippen LogP contribution in [-0.4, -0.2) is 36.4 Å². The molecule has 5 heteroatoms. The molecule has 5 nitrogen and oxygen atoms in total. The van der Waals surface area contributed by atoms with Crippen LogP contribution in [-0.2, 0) is 19.1 Å². The van der Waals surface area contributed by atoms with E-state index in [-0.39, 0.29) is 25.2 Å². The average molecular weight is 681 g/mol. The van der Waals surface area contributed by atoms with E-state index in [0.717, 1.165) is 25.7 Å². The van der Waals surface area contributed by atoms with Gasteiger partial charge >= 0.3 is 11.9 Å². The van der Waals surface area contributed by atoms with E-state index in [4.69, 9.17) is 9.47 Å². The molecule has 1 N–H and O–H groups in total. The van der Waals surface area contributed by atoms with Gasteiger partial charge in [-0.3, -0.25) is 9.59 Å². The molecule has 48 heavy (non-hydrogen) atoms. The molecular weight excluding hydrogens is 596 g/mol. The number of rotatable bonds is 40. The molecule has 0 heterocycles. The van der Waals surface area contributed by atoms with Crippen LogP contribution in [0.15, 0.2) is 0 Å². The number of hydrogen-bond donors (Lipinski definition) is 1. The average Bonchev–Trinajstić information content (AvgIpc) is 3.09. The maximum atomic E-state index is 12.0. The monoisotopic (exact) mass is 681 g/mol. The second-order valence-electron chi connectivity index (χ2n) is 14.8. The predicted molar refractivity (Wildman–Crippen MR) is 205 cm³/mol. The summed E-state index contributed by atoms with van der Waals surface area (Å²) in [5.41, 5.74) is 0. The fraction of sp³-hybridized carbons (Fsp3) is 0.953. The molecule has 0 aliphatic rings. The molecule has 0 aromatic heterocycles. The first-order chi connectivity index (χ1) is 23.6. The highest BCUT2D eigenvalue weighted by Gasteiger charge is 2.12. The van der Waals surface area contributed by atoms with Gasteiger partial charge in [0.1, 0.15) is 19.3 Å². The topological polar surface area (TPSA) is 72.8 Å². The molecule has 0 bridgehead atoms. The maximum absolute atomic E-state index is 12.0. The summed E-state index contributed by atoms with van der Waals surface area (Å²) in [6, 6.07) is 0. The first-order valence-corrected chi connectivity index (χ1v) is 21.6. The number of esters is 2. The van der Waals surface area contributed by atoms with Crippen molar-refractivity contribution in [3.05, 3.63) is 0 Å². The van der Waals surface area contributed by atoms with Crippen LogP contribution in [0.3, 0.4) is 0 Å². The minimum absolute atomic E-state index is 0.107. The van der Waals surface area contributed by atoms with Crippen molar-refractivity contribution in [3.63, 3.8) is 0 Å². The number of hydrogen-bond acceptors (Lipinski definition) is 5. The second-order valence-corrected chi connectivity index (χ2v) is 14.8. The number of ether oxygens (including phenoxy) is 2. The lowest BCUT2D eigenvalue weighted by Crippen LogP contribution is -2.25. The van der Waals surface area contributed by atoms with Gasteiger partial charge in [-0.25, -0.2) is 0 Å². The smallest absolute Gasteiger partial charge is 0.305 e. The van der Waals surface area contributed by atoms with E-state index >= 15 is 0 Å². The lowest BCUT2D eigenvalue weighted by molar-refractivity contribution is -0.152. The molecule has 0 unspecified atom stereocenters. The largest absolute Gasteiger partial charge is 0.463 e. The summed E-state index contributed by atoms with van der Waals surface area (Å²) in [4.78, 5) is 24.0. The fourth-order valence-corrected chi connectivity index (χ4v) is 6.56. The van der Waals surface area contributed by atoms with Gasteiger partial charge in [0.05, 0.1) is 0 Å². The van der Waals surface area contributed by atoms with E-state index in [1.165, 1.54) is 193 Å². The fourth-order valence-electron chi connectivity index (χ4n) is 6.56. The van der Waals surface area contributed by atoms with Crippen molar-refractivity contribution in [2.45, 2.75) is 251 Å². The van der Waals surface area contributed by atoms with E-state index in [1.807, 2.05) is 0 Å². The number of unbranched alkanes of at least 4 members (excludes halogenated alkanes) is 32. The van der Waals surface area contributed by atoms with Crippen molar-refractivity contribution in [2.75, 3.05) is 13.2 Å². The van der Waals surface area contributed by atoms with Crippen LogP contribution in [0.25, 0.3) is 0 Å². The zero-order chi connectivity index (χ0) is 35.0. The van der Waals surface area contributed by atoms with Crippen molar-refractivity contribution in [1.29, 1.82) is 0 Å². The highest BCUT2D eigenvalue weighted by molar-refractivity contribution is 5.69. The summed E-state index contributed by atoms with van der Waals surface area (Å²) in [5, 5.41) is 10.0. The molecule has 1 atom stereocenters. The van der Waals surface area contributed by atoms with Crippen molar-refractivity contribution < 1.29 is 24.2 Å². The molecule has 0 aliphatic carbocycles. The minimum Gasteiger partial charge on any atom is -0.463 e. The SMILES string of the molecule is CCCCCCCCCCCCCCCCCCCCCC(=O)OC[C@H](O)COC(=O)CCCCCCCCCCCCCCCCC. The molecule has 0 saturated heterocycles. The van der Waals surface area contributed by atoms with Crippen molar-refractivity contribution in [2.24, 2.45) is 0 Å². The van der Waals surface area contributed by atoms with Gasteiger partial charge in [-0.2, -0.15) is 0 Å². The Morgan fingerprint density at radius 2 is 0.542 bits per heavy atom. The first-order valence-electron chi connectivity index (χ1n) is 21.6. The molecule has 0 rings (SSSR count). The summed E-state index contributed by atoms with van der Waals surface area (Å²) in [7, 11) is 0. The highest BCUT2D eigenvalue weighted by Crippen LogP contribution is 2.16. The van der Waals surface area contributed by atoms with Crippen LogP contribution in [0, 0.1) is 0 Å². The van der Waals surface area contributed by atoms with Gasteiger partial charge in [-0.15, -0.1) is 0 Å². The molecule has 0 radical (unpaired) electrons. The number of aliphatic hydroxyl groups excluding tert-OH is 1. The van der Waals surface area contributed by atoms with Crippen LogP contribution in [0.4, 0.5) is 0 Å². The Bertz CT molecular complexity index is 651. The number of aliphatic hydroxyl groups is 1. The van der Waals surface area contributed by atoms with Gasteiger partial charge in [0.15, 0.2) is 0 Å². The maximum Gasteiger partial charge on any atom is 0.305 e. The molecule has 0 amide bonds. The number of carbonyl (C=O) groups is 2. The molecule has 0 aromatic carbocycles. The zero-order valence-corrected chi connectivity index (χ0v) is 32.5. The third-order valence-electron chi connectivity index (χ3n) is 9.84. The Morgan fingerprint density at radius 3 is 0.750 bits per heavy atom. The summed E-state index contributed by atoms with van der Waals surface area (Å²) >= 11 is 0. The van der Waals surface area contributed by atoms with E-state index < -0.39 is 6.10 Å². The summed E-state index contributed by atoms with van der Waals surface area (Å²) < 4.78 is 10.4. The van der Waals surface area contributed by atoms with E-state index in [2.05, 4.69) is 13.8 Å². The predicted octanol–water partition coefficient (Wildman–Crippen LogP) is 13.5. The lowest BCUT2D eigenvalue weighted by atomic mass is 10.0. The summed E-state index contributed by atoms with van der Waals surface area (Å²) in [6.45, 7) is 4.34. The van der Waals surface area contributed by atoms with Gasteiger partial charge in [-0.1, -0.05) is 219 Å². The van der Waals surface area contributed by atoms with Crippen molar-refractivity contribution in [1.82, 2.24) is 0 Å². The molecule has 0 aromatic rings. The van der Waals surface area contributed by atoms with Crippen LogP contribution in [0.1, 0.15) is 245 Å². The van der Waals surface area contributed by atoms with Gasteiger partial charge in [-0.05, 0) is 12.8 Å². The molecule has 286 valence electrons. The standard InChI is InChI=1S/C43H84O5/c1-3-5-7-9-11-13-15-17-19-20-21-22-24-26-28-30-32-34-36-38-43(46)48-40-41(44)39-47-42(45)37-35-33-31-29-27-25-23-18-16-14-12-10-8-6-4-2/h41,44H,3-40H2,1-2H3/t41-/m1/s1. The van der Waals surface area contributed by atoms with Gasteiger partial charge < -0.3 is 14.6 Å². The quantitative estimate of drug-likeness (QED) is 0.0515. The van der Waals surface area contributed by atoms with E-state index in [9.17, 15) is 14.7 Å². The molecule has 0 saturated carbocycles. The third kappa shape index (κ3) is 39.3. The third-order valence-corrected chi connectivity index (χ3v) is 9.84. The minimum atomic E-state index is -0.955. The Balaban J connectivity index is 3.35. The summed E-state index contributed by atoms with van der Waals surface area (Å²) in [6.07, 6.45) is 44.5. The lowest BCUT2D eigenvalue weighted by Gasteiger charge is -2.12. The summed E-state index contributed by atoms with van der Waals surface area (Å²) in [5.74, 6) is -0.547. The van der Waals surface area contributed by atoms with Gasteiger partial charge in [0.25, 0.3) is 0 Å². The molecular formula is C43H84O5.